The van der Waals surface area contributed by atoms with Gasteiger partial charge in [0.25, 0.3) is 5.91 Å². The number of amides is 5. The fourth-order valence-electron chi connectivity index (χ4n) is 3.00. The van der Waals surface area contributed by atoms with E-state index in [2.05, 4.69) is 36.6 Å². The van der Waals surface area contributed by atoms with Crippen LogP contribution in [0.25, 0.3) is 0 Å². The highest BCUT2D eigenvalue weighted by atomic mass is 32.1. The summed E-state index contributed by atoms with van der Waals surface area (Å²) in [5.41, 5.74) is 1.47. The van der Waals surface area contributed by atoms with E-state index in [1.807, 2.05) is 30.3 Å². The van der Waals surface area contributed by atoms with Crippen LogP contribution in [-0.4, -0.2) is 57.4 Å². The molecule has 0 fully saturated rings. The van der Waals surface area contributed by atoms with Crippen LogP contribution in [0.4, 0.5) is 9.93 Å². The highest BCUT2D eigenvalue weighted by Crippen LogP contribution is 2.15. The zero-order valence-electron chi connectivity index (χ0n) is 20.0. The van der Waals surface area contributed by atoms with Crippen molar-refractivity contribution in [2.24, 2.45) is 0 Å². The molecule has 2 heterocycles. The first-order valence-electron chi connectivity index (χ1n) is 11.3. The lowest BCUT2D eigenvalue weighted by atomic mass is 10.2. The molecule has 0 spiro atoms. The van der Waals surface area contributed by atoms with Crippen molar-refractivity contribution in [3.63, 3.8) is 0 Å². The highest BCUT2D eigenvalue weighted by Gasteiger charge is 2.23. The predicted molar refractivity (Wildman–Crippen MR) is 137 cm³/mol. The number of carboxylic acid groups (broad SMARTS) is 1. The summed E-state index contributed by atoms with van der Waals surface area (Å²) in [4.78, 5) is 68.2. The first-order valence-corrected chi connectivity index (χ1v) is 12.2. The third-order valence-electron chi connectivity index (χ3n) is 4.88. The molecule has 5 amide bonds. The van der Waals surface area contributed by atoms with Gasteiger partial charge in [-0.15, -0.1) is 11.3 Å². The van der Waals surface area contributed by atoms with Gasteiger partial charge in [0.1, 0.15) is 11.7 Å². The Bertz CT molecular complexity index is 1270. The SMILES string of the molecule is O=C(CC(NC(=O)CNC(=O)c1csc(NC(=O)NCc2ccccc2)n1)C(=O)O)NCc1ccccn1. The summed E-state index contributed by atoms with van der Waals surface area (Å²) in [6.07, 6.45) is 1.05. The van der Waals surface area contributed by atoms with Crippen LogP contribution in [0.1, 0.15) is 28.2 Å². The molecule has 0 saturated heterocycles. The molecule has 1 unspecified atom stereocenters. The lowest BCUT2D eigenvalue weighted by Gasteiger charge is -2.14. The van der Waals surface area contributed by atoms with Crippen LogP contribution < -0.4 is 26.6 Å². The average molecular weight is 540 g/mol. The second-order valence-electron chi connectivity index (χ2n) is 7.77. The number of nitrogens with zero attached hydrogens (tertiary/aromatic N) is 2. The van der Waals surface area contributed by atoms with Gasteiger partial charge in [0.2, 0.25) is 11.8 Å². The number of aliphatic carboxylic acids is 1. The van der Waals surface area contributed by atoms with Gasteiger partial charge in [-0.3, -0.25) is 24.7 Å². The summed E-state index contributed by atoms with van der Waals surface area (Å²) in [7, 11) is 0. The van der Waals surface area contributed by atoms with E-state index in [0.29, 0.717) is 12.2 Å². The van der Waals surface area contributed by atoms with Gasteiger partial charge in [-0.05, 0) is 17.7 Å². The second-order valence-corrected chi connectivity index (χ2v) is 8.63. The van der Waals surface area contributed by atoms with Crippen LogP contribution in [0.3, 0.4) is 0 Å². The van der Waals surface area contributed by atoms with E-state index < -0.39 is 48.7 Å². The van der Waals surface area contributed by atoms with E-state index >= 15 is 0 Å². The standard InChI is InChI=1S/C24H25N7O6S/c32-19(26-12-16-8-4-5-9-25-16)10-17(22(35)36)29-20(33)13-27-21(34)18-14-38-24(30-18)31-23(37)28-11-15-6-2-1-3-7-15/h1-9,14,17H,10-13H2,(H,26,32)(H,27,34)(H,29,33)(H,35,36)(H2,28,30,31,37). The molecule has 3 rings (SSSR count). The van der Waals surface area contributed by atoms with Gasteiger partial charge in [-0.1, -0.05) is 36.4 Å². The number of pyridine rings is 1. The number of carboxylic acids is 1. The normalized spacial score (nSPS) is 11.1. The van der Waals surface area contributed by atoms with Crippen molar-refractivity contribution in [3.05, 3.63) is 77.1 Å². The van der Waals surface area contributed by atoms with Crippen molar-refractivity contribution in [1.29, 1.82) is 0 Å². The number of urea groups is 1. The fraction of sp³-hybridized carbons (Fsp3) is 0.208. The summed E-state index contributed by atoms with van der Waals surface area (Å²) in [5, 5.41) is 23.2. The van der Waals surface area contributed by atoms with Crippen LogP contribution in [0.2, 0.25) is 0 Å². The molecule has 0 aliphatic carbocycles. The largest absolute Gasteiger partial charge is 0.480 e. The van der Waals surface area contributed by atoms with E-state index in [0.717, 1.165) is 16.9 Å². The van der Waals surface area contributed by atoms with Gasteiger partial charge in [0.15, 0.2) is 5.13 Å². The molecule has 2 aromatic heterocycles. The maximum absolute atomic E-state index is 12.3. The Kier molecular flexibility index (Phi) is 10.2. The summed E-state index contributed by atoms with van der Waals surface area (Å²) in [5.74, 6) is -3.51. The number of thiazole rings is 1. The highest BCUT2D eigenvalue weighted by molar-refractivity contribution is 7.14. The Morgan fingerprint density at radius 3 is 2.37 bits per heavy atom. The molecule has 1 atom stereocenters. The molecule has 198 valence electrons. The Morgan fingerprint density at radius 2 is 1.66 bits per heavy atom. The van der Waals surface area contributed by atoms with Crippen LogP contribution >= 0.6 is 11.3 Å². The third-order valence-corrected chi connectivity index (χ3v) is 5.64. The molecule has 0 radical (unpaired) electrons. The number of carbonyl (C=O) groups is 5. The predicted octanol–water partition coefficient (Wildman–Crippen LogP) is 0.866. The number of aromatic nitrogens is 2. The maximum atomic E-state index is 12.3. The fourth-order valence-corrected chi connectivity index (χ4v) is 3.69. The number of hydrogen-bond donors (Lipinski definition) is 6. The summed E-state index contributed by atoms with van der Waals surface area (Å²) < 4.78 is 0. The molecule has 38 heavy (non-hydrogen) atoms. The number of hydrogen-bond acceptors (Lipinski definition) is 8. The minimum Gasteiger partial charge on any atom is -0.480 e. The smallest absolute Gasteiger partial charge is 0.326 e. The molecule has 3 aromatic rings. The number of rotatable bonds is 12. The van der Waals surface area contributed by atoms with Crippen LogP contribution in [0.15, 0.2) is 60.1 Å². The third kappa shape index (κ3) is 9.31. The van der Waals surface area contributed by atoms with Gasteiger partial charge in [0, 0.05) is 18.1 Å². The number of carbonyl (C=O) groups excluding carboxylic acids is 4. The van der Waals surface area contributed by atoms with Crippen molar-refractivity contribution in [3.8, 4) is 0 Å². The lowest BCUT2D eigenvalue weighted by molar-refractivity contribution is -0.143. The first kappa shape index (κ1) is 27.7. The van der Waals surface area contributed by atoms with Crippen molar-refractivity contribution in [1.82, 2.24) is 31.2 Å². The van der Waals surface area contributed by atoms with Gasteiger partial charge in [0.05, 0.1) is 25.2 Å². The Labute approximate surface area is 221 Å². The molecule has 13 nitrogen and oxygen atoms in total. The second kappa shape index (κ2) is 14.0. The van der Waals surface area contributed by atoms with E-state index in [4.69, 9.17) is 0 Å². The van der Waals surface area contributed by atoms with Crippen molar-refractivity contribution in [2.45, 2.75) is 25.6 Å². The van der Waals surface area contributed by atoms with Gasteiger partial charge >= 0.3 is 12.0 Å². The number of benzene rings is 1. The van der Waals surface area contributed by atoms with Crippen LogP contribution in [-0.2, 0) is 27.5 Å². The van der Waals surface area contributed by atoms with Gasteiger partial charge in [-0.2, -0.15) is 0 Å². The van der Waals surface area contributed by atoms with Crippen LogP contribution in [0.5, 0.6) is 0 Å². The van der Waals surface area contributed by atoms with Crippen LogP contribution in [0, 0.1) is 0 Å². The molecule has 0 aliphatic rings. The first-order chi connectivity index (χ1) is 18.3. The van der Waals surface area contributed by atoms with Crippen molar-refractivity contribution in [2.75, 3.05) is 11.9 Å². The van der Waals surface area contributed by atoms with Crippen molar-refractivity contribution >= 4 is 46.2 Å². The molecular formula is C24H25N7O6S. The topological polar surface area (TPSA) is 192 Å². The minimum absolute atomic E-state index is 0.0372. The molecule has 0 saturated carbocycles. The molecular weight excluding hydrogens is 514 g/mol. The zero-order chi connectivity index (χ0) is 27.3. The van der Waals surface area contributed by atoms with E-state index in [1.165, 1.54) is 5.38 Å². The van der Waals surface area contributed by atoms with E-state index in [-0.39, 0.29) is 17.4 Å². The Morgan fingerprint density at radius 1 is 0.895 bits per heavy atom. The van der Waals surface area contributed by atoms with Gasteiger partial charge in [-0.25, -0.2) is 14.6 Å². The Balaban J connectivity index is 1.40. The maximum Gasteiger partial charge on any atom is 0.326 e. The zero-order valence-corrected chi connectivity index (χ0v) is 20.8. The van der Waals surface area contributed by atoms with E-state index in [1.54, 1.807) is 24.4 Å². The quantitative estimate of drug-likeness (QED) is 0.195. The summed E-state index contributed by atoms with van der Waals surface area (Å²) >= 11 is 1.02. The lowest BCUT2D eigenvalue weighted by Crippen LogP contribution is -2.47. The molecule has 0 aliphatic heterocycles. The minimum atomic E-state index is -1.49. The monoisotopic (exact) mass is 539 g/mol. The summed E-state index contributed by atoms with van der Waals surface area (Å²) in [6, 6.07) is 12.5. The molecule has 14 heteroatoms. The Hall–Kier alpha value is -4.85. The van der Waals surface area contributed by atoms with Crippen molar-refractivity contribution < 1.29 is 29.1 Å². The molecule has 1 aromatic carbocycles. The number of nitrogens with one attached hydrogen (secondary N) is 5. The molecule has 0 bridgehead atoms. The van der Waals surface area contributed by atoms with Gasteiger partial charge < -0.3 is 26.4 Å². The summed E-state index contributed by atoms with van der Waals surface area (Å²) in [6.45, 7) is -0.130. The number of anilines is 1. The van der Waals surface area contributed by atoms with E-state index in [9.17, 15) is 29.1 Å². The molecule has 6 N–H and O–H groups in total. The average Bonchev–Trinajstić information content (AvgIpc) is 3.38.